The molecule has 0 spiro atoms. The number of piperazine rings is 1. The number of carbonyl (C=O) groups is 1. The number of non-ortho nitro benzene ring substituents is 1. The number of aromatic nitrogens is 2. The van der Waals surface area contributed by atoms with Crippen molar-refractivity contribution >= 4 is 23.1 Å². The van der Waals surface area contributed by atoms with Crippen LogP contribution in [0, 0.1) is 21.7 Å². The van der Waals surface area contributed by atoms with Crippen molar-refractivity contribution in [3.63, 3.8) is 0 Å². The third-order valence-corrected chi connectivity index (χ3v) is 7.19. The summed E-state index contributed by atoms with van der Waals surface area (Å²) in [5, 5.41) is 11.1. The molecule has 1 aromatic heterocycles. The van der Waals surface area contributed by atoms with E-state index in [1.165, 1.54) is 42.7 Å². The molecule has 0 N–H and O–H groups in total. The van der Waals surface area contributed by atoms with E-state index >= 15 is 0 Å². The molecule has 0 unspecified atom stereocenters. The molecule has 1 fully saturated rings. The summed E-state index contributed by atoms with van der Waals surface area (Å²) in [4.78, 5) is 38.9. The summed E-state index contributed by atoms with van der Waals surface area (Å²) < 4.78 is 27.5. The fourth-order valence-corrected chi connectivity index (χ4v) is 5.11. The number of benzene rings is 2. The molecule has 2 aromatic carbocycles. The van der Waals surface area contributed by atoms with E-state index in [1.54, 1.807) is 4.90 Å². The second-order valence-electron chi connectivity index (χ2n) is 9.51. The normalized spacial score (nSPS) is 15.7. The van der Waals surface area contributed by atoms with Gasteiger partial charge in [0, 0.05) is 74.3 Å². The molecule has 3 aromatic rings. The quantitative estimate of drug-likeness (QED) is 0.342. The number of halogens is 2. The molecule has 0 saturated carbocycles. The van der Waals surface area contributed by atoms with Crippen LogP contribution in [0.4, 0.5) is 26.0 Å². The van der Waals surface area contributed by atoms with E-state index < -0.39 is 16.6 Å². The molecule has 1 aliphatic heterocycles. The molecule has 0 atom stereocenters. The molecule has 0 radical (unpaired) electrons. The van der Waals surface area contributed by atoms with Gasteiger partial charge in [-0.1, -0.05) is 0 Å². The SMILES string of the molecule is O=C(c1ccc([N+](=O)[O-])cc1)N(CCN1CCN(c2ccc(F)cc2F)CC1)c1ncnc2c1CCCC2. The Bertz CT molecular complexity index is 1330. The molecule has 38 heavy (non-hydrogen) atoms. The average Bonchev–Trinajstić information content (AvgIpc) is 2.93. The number of hydrogen-bond acceptors (Lipinski definition) is 7. The molecule has 198 valence electrons. The van der Waals surface area contributed by atoms with Crippen LogP contribution in [-0.2, 0) is 12.8 Å². The third kappa shape index (κ3) is 5.47. The molecular formula is C27H28F2N6O3. The summed E-state index contributed by atoms with van der Waals surface area (Å²) in [6.07, 6.45) is 5.16. The minimum absolute atomic E-state index is 0.0806. The summed E-state index contributed by atoms with van der Waals surface area (Å²) in [5.41, 5.74) is 2.58. The number of rotatable bonds is 7. The number of nitrogens with zero attached hydrogens (tertiary/aromatic N) is 6. The van der Waals surface area contributed by atoms with Gasteiger partial charge < -0.3 is 4.90 Å². The first-order valence-electron chi connectivity index (χ1n) is 12.7. The van der Waals surface area contributed by atoms with Crippen LogP contribution in [0.25, 0.3) is 0 Å². The van der Waals surface area contributed by atoms with Crippen molar-refractivity contribution in [2.45, 2.75) is 25.7 Å². The number of amides is 1. The summed E-state index contributed by atoms with van der Waals surface area (Å²) in [5.74, 6) is -0.870. The van der Waals surface area contributed by atoms with E-state index in [2.05, 4.69) is 14.9 Å². The fraction of sp³-hybridized carbons (Fsp3) is 0.370. The molecule has 1 amide bonds. The second kappa shape index (κ2) is 11.2. The highest BCUT2D eigenvalue weighted by molar-refractivity contribution is 6.06. The minimum Gasteiger partial charge on any atom is -0.367 e. The Labute approximate surface area is 218 Å². The Hall–Kier alpha value is -3.99. The molecule has 5 rings (SSSR count). The van der Waals surface area contributed by atoms with Crippen molar-refractivity contribution in [2.75, 3.05) is 49.1 Å². The van der Waals surface area contributed by atoms with E-state index in [-0.39, 0.29) is 11.6 Å². The summed E-state index contributed by atoms with van der Waals surface area (Å²) >= 11 is 0. The maximum Gasteiger partial charge on any atom is 0.269 e. The van der Waals surface area contributed by atoms with Crippen molar-refractivity contribution in [1.29, 1.82) is 0 Å². The monoisotopic (exact) mass is 522 g/mol. The van der Waals surface area contributed by atoms with Crippen LogP contribution in [0.5, 0.6) is 0 Å². The first kappa shape index (κ1) is 25.7. The van der Waals surface area contributed by atoms with Crippen LogP contribution < -0.4 is 9.80 Å². The lowest BCUT2D eigenvalue weighted by molar-refractivity contribution is -0.384. The van der Waals surface area contributed by atoms with Gasteiger partial charge in [0.2, 0.25) is 0 Å². The highest BCUT2D eigenvalue weighted by Gasteiger charge is 2.27. The van der Waals surface area contributed by atoms with Crippen molar-refractivity contribution in [2.24, 2.45) is 0 Å². The van der Waals surface area contributed by atoms with Crippen LogP contribution in [0.2, 0.25) is 0 Å². The van der Waals surface area contributed by atoms with Gasteiger partial charge in [-0.2, -0.15) is 0 Å². The molecule has 2 aliphatic rings. The van der Waals surface area contributed by atoms with E-state index in [0.29, 0.717) is 56.3 Å². The van der Waals surface area contributed by atoms with Crippen LogP contribution in [0.3, 0.4) is 0 Å². The topological polar surface area (TPSA) is 95.7 Å². The van der Waals surface area contributed by atoms with E-state index in [9.17, 15) is 23.7 Å². The summed E-state index contributed by atoms with van der Waals surface area (Å²) in [6.45, 7) is 3.38. The largest absolute Gasteiger partial charge is 0.367 e. The predicted molar refractivity (Wildman–Crippen MR) is 138 cm³/mol. The van der Waals surface area contributed by atoms with E-state index in [1.807, 2.05) is 4.90 Å². The van der Waals surface area contributed by atoms with Gasteiger partial charge in [-0.05, 0) is 49.9 Å². The predicted octanol–water partition coefficient (Wildman–Crippen LogP) is 4.01. The van der Waals surface area contributed by atoms with E-state index in [4.69, 9.17) is 0 Å². The second-order valence-corrected chi connectivity index (χ2v) is 9.51. The number of aryl methyl sites for hydroxylation is 1. The van der Waals surface area contributed by atoms with Crippen molar-refractivity contribution < 1.29 is 18.5 Å². The van der Waals surface area contributed by atoms with E-state index in [0.717, 1.165) is 43.0 Å². The molecule has 0 bridgehead atoms. The first-order chi connectivity index (χ1) is 18.4. The van der Waals surface area contributed by atoms with Gasteiger partial charge in [0.05, 0.1) is 10.6 Å². The third-order valence-electron chi connectivity index (χ3n) is 7.19. The van der Waals surface area contributed by atoms with Gasteiger partial charge in [0.15, 0.2) is 0 Å². The van der Waals surface area contributed by atoms with Crippen molar-refractivity contribution in [1.82, 2.24) is 14.9 Å². The fourth-order valence-electron chi connectivity index (χ4n) is 5.11. The number of nitro groups is 1. The van der Waals surface area contributed by atoms with Gasteiger partial charge in [0.25, 0.3) is 11.6 Å². The van der Waals surface area contributed by atoms with Gasteiger partial charge in [-0.15, -0.1) is 0 Å². The number of anilines is 2. The van der Waals surface area contributed by atoms with Crippen LogP contribution in [0.1, 0.15) is 34.5 Å². The van der Waals surface area contributed by atoms with Gasteiger partial charge in [0.1, 0.15) is 23.8 Å². The number of carbonyl (C=O) groups excluding carboxylic acids is 1. The van der Waals surface area contributed by atoms with Gasteiger partial charge in [-0.3, -0.25) is 24.7 Å². The Balaban J connectivity index is 1.33. The molecule has 11 heteroatoms. The maximum atomic E-state index is 14.2. The van der Waals surface area contributed by atoms with Crippen LogP contribution >= 0.6 is 0 Å². The van der Waals surface area contributed by atoms with Crippen LogP contribution in [0.15, 0.2) is 48.8 Å². The molecular weight excluding hydrogens is 494 g/mol. The Morgan fingerprint density at radius 2 is 1.74 bits per heavy atom. The number of fused-ring (bicyclic) bond motifs is 1. The maximum absolute atomic E-state index is 14.2. The standard InChI is InChI=1S/C27H28F2N6O3/c28-20-7-10-25(23(29)17-20)33-14-11-32(12-15-33)13-16-34(26-22-3-1-2-4-24(22)30-18-31-26)27(36)19-5-8-21(9-6-19)35(37)38/h5-10,17-18H,1-4,11-16H2. The number of nitro benzene ring substituents is 1. The zero-order valence-corrected chi connectivity index (χ0v) is 20.9. The molecule has 9 nitrogen and oxygen atoms in total. The summed E-state index contributed by atoms with van der Waals surface area (Å²) in [7, 11) is 0. The average molecular weight is 523 g/mol. The lowest BCUT2D eigenvalue weighted by atomic mass is 9.96. The molecule has 2 heterocycles. The molecule has 1 aliphatic carbocycles. The van der Waals surface area contributed by atoms with Crippen molar-refractivity contribution in [3.8, 4) is 0 Å². The zero-order valence-electron chi connectivity index (χ0n) is 20.9. The molecule has 1 saturated heterocycles. The Morgan fingerprint density at radius 3 is 2.45 bits per heavy atom. The zero-order chi connectivity index (χ0) is 26.6. The summed E-state index contributed by atoms with van der Waals surface area (Å²) in [6, 6.07) is 9.21. The van der Waals surface area contributed by atoms with Gasteiger partial charge in [-0.25, -0.2) is 18.7 Å². The smallest absolute Gasteiger partial charge is 0.269 e. The lowest BCUT2D eigenvalue weighted by Crippen LogP contribution is -2.49. The number of hydrogen-bond donors (Lipinski definition) is 0. The van der Waals surface area contributed by atoms with Crippen LogP contribution in [-0.4, -0.2) is 65.0 Å². The lowest BCUT2D eigenvalue weighted by Gasteiger charge is -2.37. The Kier molecular flexibility index (Phi) is 7.54. The highest BCUT2D eigenvalue weighted by atomic mass is 19.1. The minimum atomic E-state index is -0.602. The highest BCUT2D eigenvalue weighted by Crippen LogP contribution is 2.29. The first-order valence-corrected chi connectivity index (χ1v) is 12.7. The van der Waals surface area contributed by atoms with Gasteiger partial charge >= 0.3 is 0 Å². The van der Waals surface area contributed by atoms with Crippen molar-refractivity contribution in [3.05, 3.63) is 87.4 Å². The Morgan fingerprint density at radius 1 is 1.00 bits per heavy atom.